The summed E-state index contributed by atoms with van der Waals surface area (Å²) in [5, 5.41) is 24.2. The number of amides is 3. The number of nitrogens with one attached hydrogen (secondary N) is 2. The van der Waals surface area contributed by atoms with E-state index in [-0.39, 0.29) is 57.7 Å². The molecule has 0 unspecified atom stereocenters. The van der Waals surface area contributed by atoms with E-state index < -0.39 is 48.1 Å². The average Bonchev–Trinajstić information content (AvgIpc) is 2.93. The Kier molecular flexibility index (Phi) is 22.6. The van der Waals surface area contributed by atoms with Crippen molar-refractivity contribution >= 4 is 29.3 Å². The minimum atomic E-state index is -1.12. The van der Waals surface area contributed by atoms with Gasteiger partial charge in [0.05, 0.1) is 57.7 Å². The quantitative estimate of drug-likeness (QED) is 0.0539. The summed E-state index contributed by atoms with van der Waals surface area (Å²) in [4.78, 5) is 60.0. The maximum atomic E-state index is 12.8. The molecule has 0 aliphatic heterocycles. The smallest absolute Gasteiger partial charge is 0.246 e. The first-order valence-corrected chi connectivity index (χ1v) is 13.7. The molecule has 0 aromatic carbocycles. The lowest BCUT2D eigenvalue weighted by Crippen LogP contribution is -2.38. The van der Waals surface area contributed by atoms with E-state index in [1.165, 1.54) is 6.92 Å². The van der Waals surface area contributed by atoms with Crippen molar-refractivity contribution in [3.8, 4) is 0 Å². The van der Waals surface area contributed by atoms with Gasteiger partial charge in [-0.2, -0.15) is 0 Å². The van der Waals surface area contributed by atoms with Crippen LogP contribution in [0.5, 0.6) is 0 Å². The first-order valence-electron chi connectivity index (χ1n) is 13.7. The van der Waals surface area contributed by atoms with Gasteiger partial charge in [0.15, 0.2) is 5.78 Å². The van der Waals surface area contributed by atoms with Crippen LogP contribution in [-0.4, -0.2) is 125 Å². The average molecular weight is 593 g/mol. The van der Waals surface area contributed by atoms with Gasteiger partial charge in [-0.25, -0.2) is 0 Å². The third-order valence-corrected chi connectivity index (χ3v) is 6.02. The molecule has 238 valence electrons. The van der Waals surface area contributed by atoms with Crippen LogP contribution >= 0.6 is 0 Å². The first kappa shape index (κ1) is 38.5. The van der Waals surface area contributed by atoms with E-state index in [2.05, 4.69) is 10.6 Å². The highest BCUT2D eigenvalue weighted by Crippen LogP contribution is 2.21. The van der Waals surface area contributed by atoms with Crippen LogP contribution in [-0.2, 0) is 42.9 Å². The van der Waals surface area contributed by atoms with Gasteiger partial charge in [-0.3, -0.25) is 24.0 Å². The van der Waals surface area contributed by atoms with Crippen molar-refractivity contribution in [1.29, 1.82) is 0 Å². The fourth-order valence-electron chi connectivity index (χ4n) is 3.57. The molecule has 0 aromatic rings. The van der Waals surface area contributed by atoms with Gasteiger partial charge in [0.1, 0.15) is 19.0 Å². The monoisotopic (exact) mass is 592 g/mol. The summed E-state index contributed by atoms with van der Waals surface area (Å²) in [6, 6.07) is -1.11. The topological polar surface area (TPSA) is 239 Å². The molecule has 0 heterocycles. The van der Waals surface area contributed by atoms with Crippen LogP contribution < -0.4 is 22.1 Å². The Morgan fingerprint density at radius 1 is 0.805 bits per heavy atom. The second-order valence-electron chi connectivity index (χ2n) is 9.48. The molecule has 0 aliphatic carbocycles. The maximum absolute atomic E-state index is 12.8. The molecule has 0 radical (unpaired) electrons. The number of nitrogens with two attached hydrogens (primary N) is 2. The summed E-state index contributed by atoms with van der Waals surface area (Å²) >= 11 is 0. The van der Waals surface area contributed by atoms with Crippen LogP contribution in [0.25, 0.3) is 0 Å². The van der Waals surface area contributed by atoms with E-state index in [9.17, 15) is 29.1 Å². The number of hydrogen-bond acceptors (Lipinski definition) is 12. The van der Waals surface area contributed by atoms with E-state index in [0.717, 1.165) is 0 Å². The Morgan fingerprint density at radius 3 is 1.95 bits per heavy atom. The first-order chi connectivity index (χ1) is 19.5. The molecule has 41 heavy (non-hydrogen) atoms. The number of ketones is 2. The molecule has 0 aliphatic rings. The maximum Gasteiger partial charge on any atom is 0.246 e. The van der Waals surface area contributed by atoms with Gasteiger partial charge in [0.25, 0.3) is 0 Å². The van der Waals surface area contributed by atoms with Crippen molar-refractivity contribution in [2.75, 3.05) is 73.1 Å². The molecular formula is C26H48N4O11. The second-order valence-corrected chi connectivity index (χ2v) is 9.48. The highest BCUT2D eigenvalue weighted by molar-refractivity contribution is 5.92. The molecule has 0 bridgehead atoms. The van der Waals surface area contributed by atoms with Gasteiger partial charge >= 0.3 is 0 Å². The van der Waals surface area contributed by atoms with Gasteiger partial charge < -0.3 is 51.3 Å². The molecule has 0 rings (SSSR count). The Labute approximate surface area is 240 Å². The van der Waals surface area contributed by atoms with Gasteiger partial charge in [-0.05, 0) is 19.8 Å². The van der Waals surface area contributed by atoms with Crippen molar-refractivity contribution < 1.29 is 53.1 Å². The number of aliphatic hydroxyl groups is 2. The Bertz CT molecular complexity index is 783. The fraction of sp³-hybridized carbons (Fsp3) is 0.808. The number of Topliss-reactive ketones (excluding diaryl/α,β-unsaturated/α-hetero) is 2. The summed E-state index contributed by atoms with van der Waals surface area (Å²) in [6.07, 6.45) is -0.351. The summed E-state index contributed by atoms with van der Waals surface area (Å²) in [5.74, 6) is -4.12. The molecule has 0 spiro atoms. The van der Waals surface area contributed by atoms with Crippen LogP contribution in [0.15, 0.2) is 0 Å². The second kappa shape index (κ2) is 24.1. The van der Waals surface area contributed by atoms with E-state index in [1.54, 1.807) is 7.11 Å². The fourth-order valence-corrected chi connectivity index (χ4v) is 3.57. The Morgan fingerprint density at radius 2 is 1.39 bits per heavy atom. The lowest BCUT2D eigenvalue weighted by Gasteiger charge is -2.21. The zero-order valence-corrected chi connectivity index (χ0v) is 24.1. The lowest BCUT2D eigenvalue weighted by atomic mass is 9.84. The number of carbonyl (C=O) groups is 5. The van der Waals surface area contributed by atoms with Crippen molar-refractivity contribution in [2.24, 2.45) is 23.3 Å². The van der Waals surface area contributed by atoms with Crippen LogP contribution in [0.3, 0.4) is 0 Å². The number of methoxy groups -OCH3 is 1. The number of hydrogen-bond donors (Lipinski definition) is 6. The Balaban J connectivity index is 4.18. The molecule has 0 aromatic heterocycles. The van der Waals surface area contributed by atoms with Crippen molar-refractivity contribution in [3.05, 3.63) is 0 Å². The zero-order valence-electron chi connectivity index (χ0n) is 24.1. The van der Waals surface area contributed by atoms with E-state index in [4.69, 9.17) is 35.5 Å². The van der Waals surface area contributed by atoms with Crippen LogP contribution in [0.4, 0.5) is 0 Å². The third-order valence-electron chi connectivity index (χ3n) is 6.02. The molecule has 8 N–H and O–H groups in total. The zero-order chi connectivity index (χ0) is 31.0. The van der Waals surface area contributed by atoms with Crippen molar-refractivity contribution in [3.63, 3.8) is 0 Å². The number of primary amides is 1. The number of aliphatic hydroxyl groups excluding tert-OH is 2. The molecule has 15 nitrogen and oxygen atoms in total. The normalized spacial score (nSPS) is 14.1. The van der Waals surface area contributed by atoms with Crippen molar-refractivity contribution in [1.82, 2.24) is 10.6 Å². The summed E-state index contributed by atoms with van der Waals surface area (Å²) < 4.78 is 20.5. The highest BCUT2D eigenvalue weighted by atomic mass is 16.5. The molecule has 0 saturated carbocycles. The van der Waals surface area contributed by atoms with Crippen molar-refractivity contribution in [2.45, 2.75) is 51.2 Å². The summed E-state index contributed by atoms with van der Waals surface area (Å²) in [5.41, 5.74) is 10.8. The molecule has 3 amide bonds. The molecule has 4 atom stereocenters. The van der Waals surface area contributed by atoms with Crippen LogP contribution in [0.2, 0.25) is 0 Å². The molecular weight excluding hydrogens is 544 g/mol. The number of carbonyl (C=O) groups excluding carboxylic acids is 5. The molecule has 15 heteroatoms. The minimum Gasteiger partial charge on any atom is -0.394 e. The SMILES string of the molecule is COCCOCC(=O)NCCOCCOCC(=O)NCCCC[C@H](CC(=O)[C@H](N)CO)C(=O)C[C@H](C(N)=O)[C@@H](C)O. The van der Waals surface area contributed by atoms with E-state index in [1.807, 2.05) is 0 Å². The third kappa shape index (κ3) is 20.1. The summed E-state index contributed by atoms with van der Waals surface area (Å²) in [7, 11) is 1.54. The van der Waals surface area contributed by atoms with E-state index >= 15 is 0 Å². The number of unbranched alkanes of at least 4 members (excludes halogenated alkanes) is 1. The minimum absolute atomic E-state index is 0.0549. The predicted molar refractivity (Wildman–Crippen MR) is 146 cm³/mol. The standard InChI is InChI=1S/C26H48N4O11/c1-18(32)20(26(28)37)14-22(33)19(13-23(34)21(27)15-31)5-3-4-6-29-24(35)16-41-12-11-39-8-7-30-25(36)17-40-10-9-38-2/h18-21,31-32H,3-17,27H2,1-2H3,(H2,28,37)(H,29,35)(H,30,36)/t18-,19-,20+,21-/m1/s1. The van der Waals surface area contributed by atoms with Gasteiger partial charge in [-0.15, -0.1) is 0 Å². The molecule has 0 saturated heterocycles. The highest BCUT2D eigenvalue weighted by Gasteiger charge is 2.30. The van der Waals surface area contributed by atoms with E-state index in [0.29, 0.717) is 45.6 Å². The summed E-state index contributed by atoms with van der Waals surface area (Å²) in [6.45, 7) is 2.67. The lowest BCUT2D eigenvalue weighted by molar-refractivity contribution is -0.134. The number of ether oxygens (including phenoxy) is 4. The largest absolute Gasteiger partial charge is 0.394 e. The number of rotatable bonds is 27. The predicted octanol–water partition coefficient (Wildman–Crippen LogP) is -2.58. The van der Waals surface area contributed by atoms with Gasteiger partial charge in [0.2, 0.25) is 17.7 Å². The molecule has 0 fully saturated rings. The Hall–Kier alpha value is -2.53. The van der Waals surface area contributed by atoms with Crippen LogP contribution in [0, 0.1) is 11.8 Å². The van der Waals surface area contributed by atoms with Crippen LogP contribution in [0.1, 0.15) is 39.0 Å². The van der Waals surface area contributed by atoms with Gasteiger partial charge in [0, 0.05) is 39.0 Å². The van der Waals surface area contributed by atoms with Gasteiger partial charge in [-0.1, -0.05) is 6.42 Å².